The molecule has 204 valence electrons. The van der Waals surface area contributed by atoms with Crippen LogP contribution in [-0.2, 0) is 9.53 Å². The van der Waals surface area contributed by atoms with Crippen LogP contribution in [0.4, 0.5) is 8.78 Å². The van der Waals surface area contributed by atoms with Crippen LogP contribution in [0.25, 0.3) is 0 Å². The molecule has 0 spiro atoms. The van der Waals surface area contributed by atoms with E-state index in [1.54, 1.807) is 0 Å². The second-order valence-electron chi connectivity index (χ2n) is 11.8. The molecule has 0 aromatic heterocycles. The molecule has 0 amide bonds. The lowest BCUT2D eigenvalue weighted by Crippen LogP contribution is -2.32. The van der Waals surface area contributed by atoms with Gasteiger partial charge in [-0.1, -0.05) is 39.0 Å². The van der Waals surface area contributed by atoms with Crippen LogP contribution >= 0.6 is 0 Å². The molecule has 0 radical (unpaired) electrons. The van der Waals surface area contributed by atoms with Crippen LogP contribution in [0.2, 0.25) is 0 Å². The summed E-state index contributed by atoms with van der Waals surface area (Å²) >= 11 is 0. The second kappa shape index (κ2) is 13.7. The first-order chi connectivity index (χ1) is 18.0. The van der Waals surface area contributed by atoms with Crippen molar-refractivity contribution in [2.24, 2.45) is 29.6 Å². The average Bonchev–Trinajstić information content (AvgIpc) is 2.91. The van der Waals surface area contributed by atoms with Crippen molar-refractivity contribution in [3.63, 3.8) is 0 Å². The van der Waals surface area contributed by atoms with Gasteiger partial charge < -0.3 is 9.47 Å². The lowest BCUT2D eigenvalue weighted by Gasteiger charge is -2.37. The first kappa shape index (κ1) is 28.0. The van der Waals surface area contributed by atoms with Crippen molar-refractivity contribution in [2.45, 2.75) is 109 Å². The summed E-state index contributed by atoms with van der Waals surface area (Å²) in [5, 5.41) is 8.79. The van der Waals surface area contributed by atoms with Crippen molar-refractivity contribution >= 4 is 5.97 Å². The number of hydrogen-bond donors (Lipinski definition) is 0. The molecule has 0 bridgehead atoms. The highest BCUT2D eigenvalue weighted by molar-refractivity contribution is 5.75. The highest BCUT2D eigenvalue weighted by atomic mass is 19.1. The third-order valence-electron chi connectivity index (χ3n) is 9.34. The van der Waals surface area contributed by atoms with Gasteiger partial charge >= 0.3 is 5.97 Å². The van der Waals surface area contributed by atoms with E-state index in [0.717, 1.165) is 69.1 Å². The van der Waals surface area contributed by atoms with Gasteiger partial charge in [-0.25, -0.2) is 8.78 Å². The number of nitriles is 1. The maximum Gasteiger partial charge on any atom is 0.314 e. The van der Waals surface area contributed by atoms with Crippen LogP contribution in [0.15, 0.2) is 12.1 Å². The van der Waals surface area contributed by atoms with Gasteiger partial charge in [-0.2, -0.15) is 5.26 Å². The zero-order chi connectivity index (χ0) is 26.2. The molecule has 0 heterocycles. The topological polar surface area (TPSA) is 59.3 Å². The molecule has 1 aromatic rings. The third kappa shape index (κ3) is 7.76. The minimum Gasteiger partial charge on any atom is -0.426 e. The molecule has 6 heteroatoms. The van der Waals surface area contributed by atoms with Crippen LogP contribution in [0, 0.1) is 52.6 Å². The molecule has 3 aliphatic rings. The predicted molar refractivity (Wildman–Crippen MR) is 139 cm³/mol. The van der Waals surface area contributed by atoms with E-state index in [2.05, 4.69) is 6.92 Å². The molecule has 0 N–H and O–H groups in total. The minimum absolute atomic E-state index is 0.177. The Morgan fingerprint density at radius 2 is 1.46 bits per heavy atom. The van der Waals surface area contributed by atoms with Crippen molar-refractivity contribution in [1.29, 1.82) is 5.26 Å². The number of hydrogen-bond acceptors (Lipinski definition) is 4. The van der Waals surface area contributed by atoms with Crippen molar-refractivity contribution in [3.8, 4) is 11.8 Å². The van der Waals surface area contributed by atoms with E-state index in [1.807, 2.05) is 0 Å². The van der Waals surface area contributed by atoms with Crippen LogP contribution in [-0.4, -0.2) is 18.7 Å². The number of rotatable bonds is 9. The highest BCUT2D eigenvalue weighted by Crippen LogP contribution is 2.41. The summed E-state index contributed by atoms with van der Waals surface area (Å²) in [5.74, 6) is 0.165. The molecule has 4 nitrogen and oxygen atoms in total. The van der Waals surface area contributed by atoms with E-state index < -0.39 is 23.2 Å². The van der Waals surface area contributed by atoms with Crippen molar-refractivity contribution in [1.82, 2.24) is 0 Å². The van der Waals surface area contributed by atoms with Gasteiger partial charge in [-0.3, -0.25) is 4.79 Å². The number of unbranched alkanes of at least 4 members (excludes halogenated alkanes) is 1. The Labute approximate surface area is 221 Å². The first-order valence-corrected chi connectivity index (χ1v) is 14.7. The van der Waals surface area contributed by atoms with Crippen LogP contribution in [0.5, 0.6) is 5.75 Å². The molecule has 0 saturated heterocycles. The number of esters is 1. The summed E-state index contributed by atoms with van der Waals surface area (Å²) in [5.41, 5.74) is -0.662. The first-order valence-electron chi connectivity index (χ1n) is 14.7. The summed E-state index contributed by atoms with van der Waals surface area (Å²) in [4.78, 5) is 12.6. The van der Waals surface area contributed by atoms with E-state index in [1.165, 1.54) is 63.9 Å². The molecule has 4 rings (SSSR count). The Morgan fingerprint density at radius 1 is 0.892 bits per heavy atom. The molecule has 1 aromatic carbocycles. The third-order valence-corrected chi connectivity index (χ3v) is 9.34. The van der Waals surface area contributed by atoms with Crippen LogP contribution < -0.4 is 4.74 Å². The highest BCUT2D eigenvalue weighted by Gasteiger charge is 2.34. The quantitative estimate of drug-likeness (QED) is 0.246. The average molecular weight is 516 g/mol. The van der Waals surface area contributed by atoms with Gasteiger partial charge in [-0.15, -0.1) is 0 Å². The SMILES string of the molecule is CCCCC1CCC(COC2CCC(C3CCC(C(=O)Oc4cc(F)c(C#N)c(F)c4)CC3)CC2)CC1. The molecular weight excluding hydrogens is 472 g/mol. The Balaban J connectivity index is 1.13. The van der Waals surface area contributed by atoms with Crippen molar-refractivity contribution < 1.29 is 23.0 Å². The van der Waals surface area contributed by atoms with Gasteiger partial charge in [0.2, 0.25) is 0 Å². The normalized spacial score (nSPS) is 30.4. The molecule has 0 aliphatic heterocycles. The Morgan fingerprint density at radius 3 is 2.03 bits per heavy atom. The molecule has 37 heavy (non-hydrogen) atoms. The Bertz CT molecular complexity index is 898. The number of halogens is 2. The maximum atomic E-state index is 13.8. The van der Waals surface area contributed by atoms with Gasteiger partial charge in [0.25, 0.3) is 0 Å². The van der Waals surface area contributed by atoms with Gasteiger partial charge in [0, 0.05) is 18.7 Å². The zero-order valence-electron chi connectivity index (χ0n) is 22.4. The number of carbonyl (C=O) groups is 1. The number of benzene rings is 1. The fourth-order valence-corrected chi connectivity index (χ4v) is 6.92. The lowest BCUT2D eigenvalue weighted by atomic mass is 9.70. The van der Waals surface area contributed by atoms with Crippen LogP contribution in [0.3, 0.4) is 0 Å². The minimum atomic E-state index is -1.01. The standard InChI is InChI=1S/C31H43F2NO3/c1-2-3-4-21-5-7-22(8-6-21)20-36-26-15-13-24(14-16-26)23-9-11-25(12-10-23)31(35)37-27-17-29(32)28(19-34)30(33)18-27/h17-18,21-26H,2-16,20H2,1H3. The molecule has 3 aliphatic carbocycles. The Hall–Kier alpha value is -2.00. The van der Waals surface area contributed by atoms with Gasteiger partial charge in [0.1, 0.15) is 29.0 Å². The second-order valence-corrected chi connectivity index (χ2v) is 11.8. The summed E-state index contributed by atoms with van der Waals surface area (Å²) in [6.45, 7) is 3.22. The van der Waals surface area contributed by atoms with E-state index in [0.29, 0.717) is 17.9 Å². The number of nitrogens with zero attached hydrogens (tertiary/aromatic N) is 1. The lowest BCUT2D eigenvalue weighted by molar-refractivity contribution is -0.140. The van der Waals surface area contributed by atoms with E-state index >= 15 is 0 Å². The van der Waals surface area contributed by atoms with Gasteiger partial charge in [0.05, 0.1) is 12.0 Å². The van der Waals surface area contributed by atoms with Gasteiger partial charge in [-0.05, 0) is 87.9 Å². The fourth-order valence-electron chi connectivity index (χ4n) is 6.92. The van der Waals surface area contributed by atoms with E-state index in [-0.39, 0.29) is 11.7 Å². The molecule has 3 fully saturated rings. The van der Waals surface area contributed by atoms with E-state index in [4.69, 9.17) is 14.7 Å². The van der Waals surface area contributed by atoms with Crippen LogP contribution in [0.1, 0.15) is 109 Å². The number of ether oxygens (including phenoxy) is 2. The summed E-state index contributed by atoms with van der Waals surface area (Å²) in [6, 6.07) is 3.29. The predicted octanol–water partition coefficient (Wildman–Crippen LogP) is 8.12. The Kier molecular flexibility index (Phi) is 10.4. The number of carbonyl (C=O) groups excluding carboxylic acids is 1. The monoisotopic (exact) mass is 515 g/mol. The van der Waals surface area contributed by atoms with Crippen molar-refractivity contribution in [2.75, 3.05) is 6.61 Å². The summed E-state index contributed by atoms with van der Waals surface area (Å²) in [6.07, 6.45) is 18.2. The molecule has 0 atom stereocenters. The van der Waals surface area contributed by atoms with E-state index in [9.17, 15) is 13.6 Å². The largest absolute Gasteiger partial charge is 0.426 e. The molecule has 0 unspecified atom stereocenters. The fraction of sp³-hybridized carbons (Fsp3) is 0.742. The summed E-state index contributed by atoms with van der Waals surface area (Å²) < 4.78 is 39.3. The molecule has 3 saturated carbocycles. The summed E-state index contributed by atoms with van der Waals surface area (Å²) in [7, 11) is 0. The molecular formula is C31H43F2NO3. The maximum absolute atomic E-state index is 13.8. The van der Waals surface area contributed by atoms with Crippen molar-refractivity contribution in [3.05, 3.63) is 29.3 Å². The zero-order valence-corrected chi connectivity index (χ0v) is 22.4. The van der Waals surface area contributed by atoms with Gasteiger partial charge in [0.15, 0.2) is 0 Å². The smallest absolute Gasteiger partial charge is 0.314 e.